The molecular formula is C21H23N7O3S. The Morgan fingerprint density at radius 3 is 2.69 bits per heavy atom. The third kappa shape index (κ3) is 4.88. The summed E-state index contributed by atoms with van der Waals surface area (Å²) >= 11 is 1.50. The number of anilines is 1. The third-order valence-electron chi connectivity index (χ3n) is 5.20. The maximum Gasteiger partial charge on any atom is 0.269 e. The molecule has 0 unspecified atom stereocenters. The first kappa shape index (κ1) is 21.8. The number of amides is 1. The maximum atomic E-state index is 12.1. The summed E-state index contributed by atoms with van der Waals surface area (Å²) in [6, 6.07) is 6.00. The minimum absolute atomic E-state index is 0.0133. The molecular weight excluding hydrogens is 430 g/mol. The van der Waals surface area contributed by atoms with Gasteiger partial charge in [-0.1, -0.05) is 11.8 Å². The van der Waals surface area contributed by atoms with Gasteiger partial charge in [0, 0.05) is 37.8 Å². The number of nitrogens with zero attached hydrogens (tertiary/aromatic N) is 6. The van der Waals surface area contributed by atoms with Crippen LogP contribution in [0.3, 0.4) is 0 Å². The molecule has 1 fully saturated rings. The van der Waals surface area contributed by atoms with Gasteiger partial charge in [-0.15, -0.1) is 0 Å². The quantitative estimate of drug-likeness (QED) is 0.182. The highest BCUT2D eigenvalue weighted by molar-refractivity contribution is 7.98. The van der Waals surface area contributed by atoms with Crippen LogP contribution in [0.2, 0.25) is 0 Å². The lowest BCUT2D eigenvalue weighted by molar-refractivity contribution is -0.384. The molecule has 0 bridgehead atoms. The first-order chi connectivity index (χ1) is 15.5. The summed E-state index contributed by atoms with van der Waals surface area (Å²) in [5.74, 6) is 0.676. The highest BCUT2D eigenvalue weighted by Crippen LogP contribution is 2.28. The van der Waals surface area contributed by atoms with Gasteiger partial charge in [0.15, 0.2) is 10.8 Å². The Kier molecular flexibility index (Phi) is 6.64. The van der Waals surface area contributed by atoms with E-state index in [1.54, 1.807) is 29.1 Å². The zero-order valence-corrected chi connectivity index (χ0v) is 18.4. The Morgan fingerprint density at radius 1 is 1.25 bits per heavy atom. The average Bonchev–Trinajstić information content (AvgIpc) is 3.48. The van der Waals surface area contributed by atoms with Gasteiger partial charge < -0.3 is 10.2 Å². The van der Waals surface area contributed by atoms with Gasteiger partial charge in [0.25, 0.3) is 5.69 Å². The molecule has 1 aromatic carbocycles. The van der Waals surface area contributed by atoms with E-state index in [1.165, 1.54) is 30.0 Å². The van der Waals surface area contributed by atoms with Crippen LogP contribution in [0.5, 0.6) is 0 Å². The zero-order chi connectivity index (χ0) is 22.5. The maximum absolute atomic E-state index is 12.1. The monoisotopic (exact) mass is 453 g/mol. The molecule has 3 aromatic rings. The molecule has 11 heteroatoms. The highest BCUT2D eigenvalue weighted by atomic mass is 32.2. The molecule has 32 heavy (non-hydrogen) atoms. The van der Waals surface area contributed by atoms with Crippen LogP contribution in [0.15, 0.2) is 41.7 Å². The SMILES string of the molecule is CSc1nc(N2CCCC2)c2cnn(CCNC(=O)/C=C\c3ccc([N+](=O)[O-])cc3)c2n1. The Morgan fingerprint density at radius 2 is 2.00 bits per heavy atom. The number of benzene rings is 1. The second-order valence-corrected chi connectivity index (χ2v) is 8.08. The number of carbonyl (C=O) groups is 1. The summed E-state index contributed by atoms with van der Waals surface area (Å²) in [4.78, 5) is 34.0. The van der Waals surface area contributed by atoms with Crippen molar-refractivity contribution in [3.63, 3.8) is 0 Å². The van der Waals surface area contributed by atoms with Gasteiger partial charge in [0.2, 0.25) is 5.91 Å². The minimum atomic E-state index is -0.458. The van der Waals surface area contributed by atoms with Crippen LogP contribution >= 0.6 is 11.8 Å². The van der Waals surface area contributed by atoms with Crippen molar-refractivity contribution in [2.24, 2.45) is 0 Å². The number of thioether (sulfide) groups is 1. The van der Waals surface area contributed by atoms with Crippen molar-refractivity contribution >= 4 is 46.3 Å². The van der Waals surface area contributed by atoms with E-state index in [9.17, 15) is 14.9 Å². The number of rotatable bonds is 8. The van der Waals surface area contributed by atoms with Crippen molar-refractivity contribution in [3.05, 3.63) is 52.2 Å². The number of nitro groups is 1. The molecule has 4 rings (SSSR count). The van der Waals surface area contributed by atoms with Crippen LogP contribution in [-0.4, -0.2) is 56.5 Å². The number of nitro benzene ring substituents is 1. The van der Waals surface area contributed by atoms with Gasteiger partial charge in [0.1, 0.15) is 5.82 Å². The highest BCUT2D eigenvalue weighted by Gasteiger charge is 2.20. The van der Waals surface area contributed by atoms with E-state index in [0.717, 1.165) is 42.8 Å². The number of aromatic nitrogens is 4. The minimum Gasteiger partial charge on any atom is -0.356 e. The molecule has 2 aromatic heterocycles. The lowest BCUT2D eigenvalue weighted by Gasteiger charge is -2.17. The van der Waals surface area contributed by atoms with Gasteiger partial charge in [-0.05, 0) is 42.9 Å². The Hall–Kier alpha value is -3.47. The van der Waals surface area contributed by atoms with E-state index in [-0.39, 0.29) is 11.6 Å². The molecule has 0 aliphatic carbocycles. The molecule has 0 atom stereocenters. The summed E-state index contributed by atoms with van der Waals surface area (Å²) in [5.41, 5.74) is 1.49. The standard InChI is InChI=1S/C21H23N7O3S/c1-32-21-24-19(26-11-2-3-12-26)17-14-23-27(20(17)25-21)13-10-22-18(29)9-6-15-4-7-16(8-5-15)28(30)31/h4-9,14H,2-3,10-13H2,1H3,(H,22,29)/b9-6-. The number of hydrogen-bond acceptors (Lipinski definition) is 8. The predicted molar refractivity (Wildman–Crippen MR) is 124 cm³/mol. The van der Waals surface area contributed by atoms with Crippen LogP contribution in [0.25, 0.3) is 17.1 Å². The van der Waals surface area contributed by atoms with E-state index in [4.69, 9.17) is 4.98 Å². The molecule has 0 spiro atoms. The third-order valence-corrected chi connectivity index (χ3v) is 5.75. The van der Waals surface area contributed by atoms with Crippen LogP contribution in [-0.2, 0) is 11.3 Å². The van der Waals surface area contributed by atoms with Crippen molar-refractivity contribution in [3.8, 4) is 0 Å². The van der Waals surface area contributed by atoms with E-state index in [0.29, 0.717) is 23.8 Å². The predicted octanol–water partition coefficient (Wildman–Crippen LogP) is 2.89. The number of hydrogen-bond donors (Lipinski definition) is 1. The lowest BCUT2D eigenvalue weighted by Crippen LogP contribution is -2.26. The van der Waals surface area contributed by atoms with E-state index in [1.807, 2.05) is 6.26 Å². The zero-order valence-electron chi connectivity index (χ0n) is 17.6. The number of fused-ring (bicyclic) bond motifs is 1. The summed E-state index contributed by atoms with van der Waals surface area (Å²) in [6.45, 7) is 2.84. The van der Waals surface area contributed by atoms with Gasteiger partial charge in [-0.25, -0.2) is 14.6 Å². The second kappa shape index (κ2) is 9.77. The normalized spacial score (nSPS) is 13.8. The van der Waals surface area contributed by atoms with Gasteiger partial charge in [-0.2, -0.15) is 5.10 Å². The van der Waals surface area contributed by atoms with Crippen LogP contribution in [0.1, 0.15) is 18.4 Å². The molecule has 166 valence electrons. The van der Waals surface area contributed by atoms with Crippen molar-refractivity contribution in [2.75, 3.05) is 30.8 Å². The Labute approximate surface area is 188 Å². The molecule has 1 saturated heterocycles. The molecule has 1 aliphatic heterocycles. The summed E-state index contributed by atoms with van der Waals surface area (Å²) in [6.07, 6.45) is 9.09. The molecule has 3 heterocycles. The van der Waals surface area contributed by atoms with Crippen molar-refractivity contribution in [1.29, 1.82) is 0 Å². The van der Waals surface area contributed by atoms with Gasteiger partial charge in [-0.3, -0.25) is 14.9 Å². The largest absolute Gasteiger partial charge is 0.356 e. The molecule has 1 aliphatic rings. The smallest absolute Gasteiger partial charge is 0.269 e. The molecule has 0 radical (unpaired) electrons. The lowest BCUT2D eigenvalue weighted by atomic mass is 10.2. The summed E-state index contributed by atoms with van der Waals surface area (Å²) in [7, 11) is 0. The Balaban J connectivity index is 1.39. The fourth-order valence-electron chi connectivity index (χ4n) is 3.57. The number of carbonyl (C=O) groups excluding carboxylic acids is 1. The van der Waals surface area contributed by atoms with E-state index >= 15 is 0 Å². The van der Waals surface area contributed by atoms with Gasteiger partial charge >= 0.3 is 0 Å². The fourth-order valence-corrected chi connectivity index (χ4v) is 3.92. The molecule has 10 nitrogen and oxygen atoms in total. The molecule has 1 N–H and O–H groups in total. The average molecular weight is 454 g/mol. The Bertz CT molecular complexity index is 1150. The van der Waals surface area contributed by atoms with Gasteiger partial charge in [0.05, 0.1) is 23.1 Å². The first-order valence-corrected chi connectivity index (χ1v) is 11.5. The first-order valence-electron chi connectivity index (χ1n) is 10.3. The second-order valence-electron chi connectivity index (χ2n) is 7.31. The molecule has 0 saturated carbocycles. The van der Waals surface area contributed by atoms with Crippen LogP contribution in [0.4, 0.5) is 11.5 Å². The fraction of sp³-hybridized carbons (Fsp3) is 0.333. The summed E-state index contributed by atoms with van der Waals surface area (Å²) < 4.78 is 1.79. The van der Waals surface area contributed by atoms with E-state index in [2.05, 4.69) is 20.3 Å². The van der Waals surface area contributed by atoms with E-state index < -0.39 is 4.92 Å². The number of non-ortho nitro benzene ring substituents is 1. The van der Waals surface area contributed by atoms with Crippen molar-refractivity contribution < 1.29 is 9.72 Å². The summed E-state index contributed by atoms with van der Waals surface area (Å²) in [5, 5.41) is 19.6. The van der Waals surface area contributed by atoms with Crippen LogP contribution in [0, 0.1) is 10.1 Å². The topological polar surface area (TPSA) is 119 Å². The molecule has 1 amide bonds. The van der Waals surface area contributed by atoms with Crippen LogP contribution < -0.4 is 10.2 Å². The van der Waals surface area contributed by atoms with Crippen molar-refractivity contribution in [1.82, 2.24) is 25.1 Å². The van der Waals surface area contributed by atoms with Crippen molar-refractivity contribution in [2.45, 2.75) is 24.5 Å². The number of nitrogens with one attached hydrogen (secondary N) is 1.